The van der Waals surface area contributed by atoms with Crippen LogP contribution in [0.15, 0.2) is 28.4 Å². The Morgan fingerprint density at radius 2 is 2.23 bits per heavy atom. The molecule has 7 nitrogen and oxygen atoms in total. The van der Waals surface area contributed by atoms with Gasteiger partial charge in [0.15, 0.2) is 0 Å². The number of hydrogen-bond donors (Lipinski definition) is 2. The predicted molar refractivity (Wildman–Crippen MR) is 103 cm³/mol. The Labute approximate surface area is 157 Å². The van der Waals surface area contributed by atoms with Crippen molar-refractivity contribution in [2.75, 3.05) is 19.0 Å². The molecule has 1 aromatic heterocycles. The predicted octanol–water partition coefficient (Wildman–Crippen LogP) is 3.26. The zero-order valence-electron chi connectivity index (χ0n) is 15.4. The van der Waals surface area contributed by atoms with Gasteiger partial charge in [-0.3, -0.25) is 4.79 Å². The van der Waals surface area contributed by atoms with Gasteiger partial charge in [0.05, 0.1) is 17.8 Å². The maximum atomic E-state index is 11.1. The molecule has 138 valence electrons. The minimum atomic E-state index is -0.246. The minimum Gasteiger partial charge on any atom is -0.469 e. The van der Waals surface area contributed by atoms with Crippen LogP contribution in [0.25, 0.3) is 5.57 Å². The Balaban J connectivity index is 2.07. The normalized spacial score (nSPS) is 15.6. The van der Waals surface area contributed by atoms with Gasteiger partial charge < -0.3 is 15.4 Å². The van der Waals surface area contributed by atoms with E-state index in [4.69, 9.17) is 0 Å². The third-order valence-electron chi connectivity index (χ3n) is 3.67. The first-order valence-corrected chi connectivity index (χ1v) is 9.16. The van der Waals surface area contributed by atoms with Crippen LogP contribution in [0.3, 0.4) is 0 Å². The van der Waals surface area contributed by atoms with E-state index >= 15 is 0 Å². The van der Waals surface area contributed by atoms with Crippen LogP contribution in [0.1, 0.15) is 39.3 Å². The van der Waals surface area contributed by atoms with Crippen molar-refractivity contribution in [1.82, 2.24) is 15.3 Å². The number of allylic oxidation sites excluding steroid dienone is 2. The Hall–Kier alpha value is -2.53. The third-order valence-corrected chi connectivity index (χ3v) is 4.57. The monoisotopic (exact) mass is 373 g/mol. The summed E-state index contributed by atoms with van der Waals surface area (Å²) in [5.74, 6) is 0.178. The van der Waals surface area contributed by atoms with Gasteiger partial charge in [0.1, 0.15) is 11.6 Å². The summed E-state index contributed by atoms with van der Waals surface area (Å²) >= 11 is 1.49. The Kier molecular flexibility index (Phi) is 6.64. The Bertz CT molecular complexity index is 775. The summed E-state index contributed by atoms with van der Waals surface area (Å²) in [5.41, 5.74) is 2.08. The van der Waals surface area contributed by atoms with Gasteiger partial charge in [-0.15, -0.1) is 0 Å². The zero-order chi connectivity index (χ0) is 19.2. The average molecular weight is 373 g/mol. The first-order valence-electron chi connectivity index (χ1n) is 8.28. The summed E-state index contributed by atoms with van der Waals surface area (Å²) < 4.78 is 4.60. The first kappa shape index (κ1) is 19.8. The highest BCUT2D eigenvalue weighted by molar-refractivity contribution is 8.06. The highest BCUT2D eigenvalue weighted by atomic mass is 32.2. The molecule has 1 aromatic rings. The number of carbonyl (C=O) groups excluding carboxylic acids is 1. The van der Waals surface area contributed by atoms with E-state index in [2.05, 4.69) is 52.2 Å². The van der Waals surface area contributed by atoms with E-state index in [-0.39, 0.29) is 11.4 Å². The maximum absolute atomic E-state index is 11.1. The number of nitrogens with one attached hydrogen (secondary N) is 2. The van der Waals surface area contributed by atoms with Gasteiger partial charge in [0, 0.05) is 30.3 Å². The molecular formula is C18H23N5O2S. The number of aromatic nitrogens is 2. The van der Waals surface area contributed by atoms with Crippen LogP contribution >= 0.6 is 11.8 Å². The van der Waals surface area contributed by atoms with Crippen molar-refractivity contribution in [2.45, 2.75) is 33.6 Å². The number of nitrogens with zero attached hydrogens (tertiary/aromatic N) is 3. The van der Waals surface area contributed by atoms with E-state index in [1.165, 1.54) is 18.9 Å². The van der Waals surface area contributed by atoms with Gasteiger partial charge >= 0.3 is 5.97 Å². The molecule has 0 bridgehead atoms. The van der Waals surface area contributed by atoms with Crippen LogP contribution in [0, 0.1) is 16.7 Å². The fourth-order valence-electron chi connectivity index (χ4n) is 2.13. The number of rotatable bonds is 6. The number of nitriles is 1. The molecule has 0 fully saturated rings. The van der Waals surface area contributed by atoms with Crippen LogP contribution in [-0.2, 0) is 9.53 Å². The summed E-state index contributed by atoms with van der Waals surface area (Å²) in [4.78, 5) is 19.7. The summed E-state index contributed by atoms with van der Waals surface area (Å²) in [7, 11) is 1.37. The van der Waals surface area contributed by atoms with E-state index < -0.39 is 0 Å². The maximum Gasteiger partial charge on any atom is 0.305 e. The quantitative estimate of drug-likeness (QED) is 0.445. The van der Waals surface area contributed by atoms with Crippen LogP contribution < -0.4 is 10.6 Å². The molecule has 0 aromatic carbocycles. The average Bonchev–Trinajstić information content (AvgIpc) is 3.10. The molecular weight excluding hydrogens is 350 g/mol. The second-order valence-electron chi connectivity index (χ2n) is 6.71. The molecule has 26 heavy (non-hydrogen) atoms. The molecule has 8 heteroatoms. The van der Waals surface area contributed by atoms with Crippen molar-refractivity contribution in [3.8, 4) is 6.07 Å². The minimum absolute atomic E-state index is 0.0205. The molecule has 0 unspecified atom stereocenters. The first-order chi connectivity index (χ1) is 12.3. The lowest BCUT2D eigenvalue weighted by atomic mass is 9.93. The van der Waals surface area contributed by atoms with Crippen molar-refractivity contribution in [1.29, 1.82) is 5.26 Å². The van der Waals surface area contributed by atoms with E-state index in [0.717, 1.165) is 10.7 Å². The molecule has 0 aliphatic carbocycles. The topological polar surface area (TPSA) is 99.9 Å². The fourth-order valence-corrected chi connectivity index (χ4v) is 3.21. The zero-order valence-corrected chi connectivity index (χ0v) is 16.2. The molecule has 1 aliphatic heterocycles. The summed E-state index contributed by atoms with van der Waals surface area (Å²) in [6.07, 6.45) is 2.56. The van der Waals surface area contributed by atoms with Gasteiger partial charge in [0.2, 0.25) is 5.95 Å². The van der Waals surface area contributed by atoms with Crippen LogP contribution in [0.2, 0.25) is 0 Å². The fraction of sp³-hybridized carbons (Fsp3) is 0.444. The molecule has 0 radical (unpaired) electrons. The smallest absolute Gasteiger partial charge is 0.305 e. The molecule has 2 heterocycles. The van der Waals surface area contributed by atoms with Crippen LogP contribution in [0.5, 0.6) is 0 Å². The van der Waals surface area contributed by atoms with E-state index in [1.54, 1.807) is 12.3 Å². The Morgan fingerprint density at radius 1 is 1.46 bits per heavy atom. The van der Waals surface area contributed by atoms with Crippen molar-refractivity contribution in [2.24, 2.45) is 5.41 Å². The van der Waals surface area contributed by atoms with Gasteiger partial charge in [-0.1, -0.05) is 32.5 Å². The number of thioether (sulfide) groups is 1. The van der Waals surface area contributed by atoms with Crippen molar-refractivity contribution >= 4 is 29.3 Å². The number of ether oxygens (including phenoxy) is 1. The second kappa shape index (κ2) is 8.72. The van der Waals surface area contributed by atoms with Crippen molar-refractivity contribution in [3.63, 3.8) is 0 Å². The van der Waals surface area contributed by atoms with E-state index in [9.17, 15) is 10.1 Å². The molecule has 2 N–H and O–H groups in total. The number of hydrogen-bond acceptors (Lipinski definition) is 8. The number of esters is 1. The number of anilines is 1. The second-order valence-corrected chi connectivity index (χ2v) is 7.59. The lowest BCUT2D eigenvalue weighted by Crippen LogP contribution is -2.20. The number of methoxy groups -OCH3 is 1. The van der Waals surface area contributed by atoms with Gasteiger partial charge in [0.25, 0.3) is 0 Å². The molecule has 0 saturated carbocycles. The third kappa shape index (κ3) is 5.23. The molecule has 1 aliphatic rings. The lowest BCUT2D eigenvalue weighted by Gasteiger charge is -2.20. The van der Waals surface area contributed by atoms with Crippen LogP contribution in [0.4, 0.5) is 5.95 Å². The lowest BCUT2D eigenvalue weighted by molar-refractivity contribution is -0.140. The summed E-state index contributed by atoms with van der Waals surface area (Å²) in [5, 5.41) is 18.8. The van der Waals surface area contributed by atoms with E-state index in [1.807, 2.05) is 5.41 Å². The highest BCUT2D eigenvalue weighted by Gasteiger charge is 2.25. The van der Waals surface area contributed by atoms with Crippen LogP contribution in [-0.4, -0.2) is 29.6 Å². The number of carbonyl (C=O) groups is 1. The molecule has 0 amide bonds. The van der Waals surface area contributed by atoms with Crippen molar-refractivity contribution < 1.29 is 9.53 Å². The summed E-state index contributed by atoms with van der Waals surface area (Å²) in [6, 6.07) is 3.94. The highest BCUT2D eigenvalue weighted by Crippen LogP contribution is 2.37. The SMILES string of the molecule is COC(=O)CCCNc1nccc(/C(C#N)=C2/NC(C(C)(C)C)=CS2)n1. The van der Waals surface area contributed by atoms with Gasteiger partial charge in [-0.05, 0) is 17.9 Å². The van der Waals surface area contributed by atoms with E-state index in [0.29, 0.717) is 36.6 Å². The Morgan fingerprint density at radius 3 is 2.85 bits per heavy atom. The standard InChI is InChI=1S/C18H23N5O2S/c1-18(2,3)14-11-26-16(23-14)12(10-19)13-7-9-21-17(22-13)20-8-5-6-15(24)25-4/h7,9,11,23H,5-6,8H2,1-4H3,(H,20,21,22)/b16-12-. The molecule has 0 atom stereocenters. The van der Waals surface area contributed by atoms with Crippen molar-refractivity contribution in [3.05, 3.63) is 34.1 Å². The van der Waals surface area contributed by atoms with Gasteiger partial charge in [-0.2, -0.15) is 5.26 Å². The largest absolute Gasteiger partial charge is 0.469 e. The molecule has 0 saturated heterocycles. The summed E-state index contributed by atoms with van der Waals surface area (Å²) in [6.45, 7) is 6.88. The van der Waals surface area contributed by atoms with Gasteiger partial charge in [-0.25, -0.2) is 9.97 Å². The molecule has 0 spiro atoms. The molecule has 2 rings (SSSR count).